The van der Waals surface area contributed by atoms with Crippen LogP contribution in [0.25, 0.3) is 0 Å². The lowest BCUT2D eigenvalue weighted by molar-refractivity contribution is 0.0950. The molecule has 0 heterocycles. The van der Waals surface area contributed by atoms with Gasteiger partial charge in [0.1, 0.15) is 5.75 Å². The first kappa shape index (κ1) is 22.4. The first-order valence-corrected chi connectivity index (χ1v) is 11.4. The molecule has 0 saturated heterocycles. The summed E-state index contributed by atoms with van der Waals surface area (Å²) in [6.45, 7) is 4.64. The van der Waals surface area contributed by atoms with Gasteiger partial charge in [0.2, 0.25) is 0 Å². The largest absolute Gasteiger partial charge is 0.494 e. The van der Waals surface area contributed by atoms with E-state index in [1.165, 1.54) is 11.4 Å². The van der Waals surface area contributed by atoms with Crippen molar-refractivity contribution in [3.8, 4) is 5.75 Å². The van der Waals surface area contributed by atoms with Gasteiger partial charge in [0, 0.05) is 24.7 Å². The van der Waals surface area contributed by atoms with Crippen LogP contribution in [-0.2, 0) is 16.6 Å². The maximum atomic E-state index is 12.9. The number of sulfonamides is 1. The third-order valence-electron chi connectivity index (χ3n) is 4.86. The van der Waals surface area contributed by atoms with Crippen LogP contribution in [0.1, 0.15) is 28.4 Å². The van der Waals surface area contributed by atoms with Gasteiger partial charge < -0.3 is 10.1 Å². The zero-order chi connectivity index (χ0) is 22.4. The third kappa shape index (κ3) is 5.24. The van der Waals surface area contributed by atoms with Crippen LogP contribution in [0.3, 0.4) is 0 Å². The van der Waals surface area contributed by atoms with Gasteiger partial charge in [-0.2, -0.15) is 0 Å². The van der Waals surface area contributed by atoms with Crippen LogP contribution in [-0.4, -0.2) is 28.0 Å². The monoisotopic (exact) mass is 438 g/mol. The van der Waals surface area contributed by atoms with Gasteiger partial charge in [0.15, 0.2) is 0 Å². The molecule has 0 aromatic heterocycles. The van der Waals surface area contributed by atoms with Gasteiger partial charge in [-0.1, -0.05) is 42.0 Å². The Bertz CT molecular complexity index is 1160. The first-order chi connectivity index (χ1) is 14.8. The van der Waals surface area contributed by atoms with Crippen molar-refractivity contribution in [2.45, 2.75) is 25.3 Å². The number of benzene rings is 3. The summed E-state index contributed by atoms with van der Waals surface area (Å²) in [6.07, 6.45) is 0. The molecule has 0 aliphatic heterocycles. The van der Waals surface area contributed by atoms with Crippen LogP contribution in [0, 0.1) is 6.92 Å². The standard InChI is InChI=1S/C24H26N2O4S/c1-4-30-23-11-6-5-8-20(23)17-25-24(27)19-9-7-10-21(16-19)26(3)31(28,29)22-14-12-18(2)13-15-22/h5-16H,4,17H2,1-3H3,(H,25,27). The molecule has 0 saturated carbocycles. The van der Waals surface area contributed by atoms with Gasteiger partial charge in [-0.25, -0.2) is 8.42 Å². The Hall–Kier alpha value is -3.32. The van der Waals surface area contributed by atoms with Gasteiger partial charge in [-0.05, 0) is 50.2 Å². The predicted octanol–water partition coefficient (Wildman–Crippen LogP) is 4.15. The van der Waals surface area contributed by atoms with Gasteiger partial charge in [0.05, 0.1) is 17.2 Å². The van der Waals surface area contributed by atoms with E-state index in [4.69, 9.17) is 4.74 Å². The van der Waals surface area contributed by atoms with Gasteiger partial charge in [-0.3, -0.25) is 9.10 Å². The number of anilines is 1. The van der Waals surface area contributed by atoms with E-state index in [1.807, 2.05) is 38.1 Å². The van der Waals surface area contributed by atoms with Crippen LogP contribution in [0.2, 0.25) is 0 Å². The third-order valence-corrected chi connectivity index (χ3v) is 6.66. The second-order valence-corrected chi connectivity index (χ2v) is 9.03. The molecule has 1 amide bonds. The van der Waals surface area contributed by atoms with E-state index in [1.54, 1.807) is 48.5 Å². The summed E-state index contributed by atoms with van der Waals surface area (Å²) in [6, 6.07) is 20.7. The molecule has 0 radical (unpaired) electrons. The SMILES string of the molecule is CCOc1ccccc1CNC(=O)c1cccc(N(C)S(=O)(=O)c2ccc(C)cc2)c1. The molecule has 0 fully saturated rings. The Morgan fingerprint density at radius 2 is 1.71 bits per heavy atom. The highest BCUT2D eigenvalue weighted by Crippen LogP contribution is 2.23. The van der Waals surface area contributed by atoms with Crippen molar-refractivity contribution in [1.29, 1.82) is 0 Å². The van der Waals surface area contributed by atoms with Gasteiger partial charge >= 0.3 is 0 Å². The topological polar surface area (TPSA) is 75.7 Å². The number of aryl methyl sites for hydroxylation is 1. The molecule has 0 atom stereocenters. The first-order valence-electron chi connectivity index (χ1n) is 9.97. The van der Waals surface area contributed by atoms with Crippen molar-refractivity contribution in [3.05, 3.63) is 89.5 Å². The summed E-state index contributed by atoms with van der Waals surface area (Å²) in [7, 11) is -2.26. The molecular formula is C24H26N2O4S. The lowest BCUT2D eigenvalue weighted by Crippen LogP contribution is -2.27. The number of hydrogen-bond donors (Lipinski definition) is 1. The molecule has 0 aliphatic rings. The van der Waals surface area contributed by atoms with E-state index < -0.39 is 10.0 Å². The average molecular weight is 439 g/mol. The minimum atomic E-state index is -3.73. The number of para-hydroxylation sites is 1. The van der Waals surface area contributed by atoms with E-state index in [9.17, 15) is 13.2 Å². The summed E-state index contributed by atoms with van der Waals surface area (Å²) in [5, 5.41) is 2.87. The highest BCUT2D eigenvalue weighted by atomic mass is 32.2. The van der Waals surface area contributed by atoms with Crippen LogP contribution in [0.5, 0.6) is 5.75 Å². The number of amides is 1. The lowest BCUT2D eigenvalue weighted by atomic mass is 10.1. The van der Waals surface area contributed by atoms with Crippen LogP contribution < -0.4 is 14.4 Å². The lowest BCUT2D eigenvalue weighted by Gasteiger charge is -2.20. The zero-order valence-corrected chi connectivity index (χ0v) is 18.6. The molecule has 3 aromatic rings. The molecule has 31 heavy (non-hydrogen) atoms. The summed E-state index contributed by atoms with van der Waals surface area (Å²) in [5.41, 5.74) is 2.62. The number of carbonyl (C=O) groups excluding carboxylic acids is 1. The van der Waals surface area contributed by atoms with E-state index in [2.05, 4.69) is 5.32 Å². The quantitative estimate of drug-likeness (QED) is 0.573. The smallest absolute Gasteiger partial charge is 0.264 e. The van der Waals surface area contributed by atoms with Crippen molar-refractivity contribution < 1.29 is 17.9 Å². The maximum Gasteiger partial charge on any atom is 0.264 e. The Labute approximate surface area is 183 Å². The molecular weight excluding hydrogens is 412 g/mol. The number of ether oxygens (including phenoxy) is 1. The normalized spacial score (nSPS) is 11.1. The Kier molecular flexibility index (Phi) is 6.97. The molecule has 7 heteroatoms. The highest BCUT2D eigenvalue weighted by molar-refractivity contribution is 7.92. The van der Waals surface area contributed by atoms with Crippen LogP contribution in [0.15, 0.2) is 77.7 Å². The predicted molar refractivity (Wildman–Crippen MR) is 122 cm³/mol. The van der Waals surface area contributed by atoms with Gasteiger partial charge in [0.25, 0.3) is 15.9 Å². The Balaban J connectivity index is 1.76. The fraction of sp³-hybridized carbons (Fsp3) is 0.208. The van der Waals surface area contributed by atoms with Crippen molar-refractivity contribution in [2.24, 2.45) is 0 Å². The van der Waals surface area contributed by atoms with Crippen molar-refractivity contribution in [2.75, 3.05) is 18.0 Å². The number of hydrogen-bond acceptors (Lipinski definition) is 4. The Morgan fingerprint density at radius 3 is 2.42 bits per heavy atom. The zero-order valence-electron chi connectivity index (χ0n) is 17.8. The second-order valence-electron chi connectivity index (χ2n) is 7.06. The fourth-order valence-corrected chi connectivity index (χ4v) is 4.26. The van der Waals surface area contributed by atoms with Crippen molar-refractivity contribution in [1.82, 2.24) is 5.32 Å². The Morgan fingerprint density at radius 1 is 1.00 bits per heavy atom. The minimum absolute atomic E-state index is 0.197. The number of nitrogens with one attached hydrogen (secondary N) is 1. The average Bonchev–Trinajstić information content (AvgIpc) is 2.78. The molecule has 6 nitrogen and oxygen atoms in total. The molecule has 0 bridgehead atoms. The number of rotatable bonds is 8. The van der Waals surface area contributed by atoms with E-state index in [0.717, 1.165) is 16.9 Å². The van der Waals surface area contributed by atoms with Crippen molar-refractivity contribution >= 4 is 21.6 Å². The van der Waals surface area contributed by atoms with Crippen molar-refractivity contribution in [3.63, 3.8) is 0 Å². The molecule has 162 valence electrons. The maximum absolute atomic E-state index is 12.9. The van der Waals surface area contributed by atoms with Crippen LogP contribution >= 0.6 is 0 Å². The molecule has 0 spiro atoms. The summed E-state index contributed by atoms with van der Waals surface area (Å²) in [4.78, 5) is 12.9. The molecule has 0 aliphatic carbocycles. The molecule has 3 rings (SSSR count). The van der Waals surface area contributed by atoms with E-state index >= 15 is 0 Å². The van der Waals surface area contributed by atoms with E-state index in [0.29, 0.717) is 24.4 Å². The summed E-state index contributed by atoms with van der Waals surface area (Å²) < 4.78 is 32.7. The highest BCUT2D eigenvalue weighted by Gasteiger charge is 2.22. The fourth-order valence-electron chi connectivity index (χ4n) is 3.07. The molecule has 1 N–H and O–H groups in total. The second kappa shape index (κ2) is 9.66. The summed E-state index contributed by atoms with van der Waals surface area (Å²) >= 11 is 0. The minimum Gasteiger partial charge on any atom is -0.494 e. The molecule has 3 aromatic carbocycles. The number of nitrogens with zero attached hydrogens (tertiary/aromatic N) is 1. The van der Waals surface area contributed by atoms with Gasteiger partial charge in [-0.15, -0.1) is 0 Å². The summed E-state index contributed by atoms with van der Waals surface area (Å²) in [5.74, 6) is 0.428. The van der Waals surface area contributed by atoms with E-state index in [-0.39, 0.29) is 10.8 Å². The molecule has 0 unspecified atom stereocenters. The van der Waals surface area contributed by atoms with Crippen LogP contribution in [0.4, 0.5) is 5.69 Å². The number of carbonyl (C=O) groups is 1.